The maximum absolute atomic E-state index is 12.6. The minimum atomic E-state index is 0.0715. The first-order valence-corrected chi connectivity index (χ1v) is 9.86. The fourth-order valence-electron chi connectivity index (χ4n) is 3.53. The van der Waals surface area contributed by atoms with Gasteiger partial charge in [-0.25, -0.2) is 4.98 Å². The molecule has 1 aliphatic heterocycles. The smallest absolute Gasteiger partial charge is 0.223 e. The first-order chi connectivity index (χ1) is 13.6. The van der Waals surface area contributed by atoms with Crippen molar-refractivity contribution in [3.05, 3.63) is 42.0 Å². The van der Waals surface area contributed by atoms with Gasteiger partial charge in [-0.3, -0.25) is 9.69 Å². The van der Waals surface area contributed by atoms with Gasteiger partial charge in [-0.05, 0) is 50.6 Å². The number of carbonyl (C=O) groups excluding carboxylic acids is 1. The summed E-state index contributed by atoms with van der Waals surface area (Å²) in [6, 6.07) is 5.76. The molecule has 152 valence electrons. The Hall–Kier alpha value is -2.54. The summed E-state index contributed by atoms with van der Waals surface area (Å²) in [6.45, 7) is 5.68. The van der Waals surface area contributed by atoms with E-state index in [0.29, 0.717) is 24.7 Å². The number of methoxy groups -OCH3 is 1. The highest BCUT2D eigenvalue weighted by molar-refractivity contribution is 5.78. The summed E-state index contributed by atoms with van der Waals surface area (Å²) in [5, 5.41) is 3.07. The molecule has 1 N–H and O–H groups in total. The molecule has 7 heteroatoms. The summed E-state index contributed by atoms with van der Waals surface area (Å²) >= 11 is 0. The molecule has 0 radical (unpaired) electrons. The highest BCUT2D eigenvalue weighted by Gasteiger charge is 2.25. The number of benzene rings is 1. The normalized spacial score (nSPS) is 15.4. The van der Waals surface area contributed by atoms with E-state index in [1.807, 2.05) is 49.1 Å². The molecule has 1 aromatic carbocycles. The molecule has 28 heavy (non-hydrogen) atoms. The zero-order chi connectivity index (χ0) is 19.9. The summed E-state index contributed by atoms with van der Waals surface area (Å²) < 4.78 is 13.0. The van der Waals surface area contributed by atoms with Crippen molar-refractivity contribution in [1.82, 2.24) is 19.8 Å². The van der Waals surface area contributed by atoms with E-state index < -0.39 is 0 Å². The molecular formula is C21H30N4O3. The molecule has 0 spiro atoms. The van der Waals surface area contributed by atoms with E-state index in [-0.39, 0.29) is 11.8 Å². The van der Waals surface area contributed by atoms with Crippen LogP contribution >= 0.6 is 0 Å². The van der Waals surface area contributed by atoms with Crippen molar-refractivity contribution in [2.24, 2.45) is 13.0 Å². The average Bonchev–Trinajstić information content (AvgIpc) is 3.11. The number of carbonyl (C=O) groups is 1. The zero-order valence-corrected chi connectivity index (χ0v) is 17.0. The molecule has 0 bridgehead atoms. The minimum absolute atomic E-state index is 0.0715. The Morgan fingerprint density at radius 3 is 2.71 bits per heavy atom. The molecular weight excluding hydrogens is 356 g/mol. The van der Waals surface area contributed by atoms with Gasteiger partial charge in [0.15, 0.2) is 11.5 Å². The summed E-state index contributed by atoms with van der Waals surface area (Å²) in [5.74, 6) is 2.68. The quantitative estimate of drug-likeness (QED) is 0.754. The maximum Gasteiger partial charge on any atom is 0.223 e. The number of aryl methyl sites for hydroxylation is 1. The van der Waals surface area contributed by atoms with Crippen molar-refractivity contribution in [1.29, 1.82) is 0 Å². The van der Waals surface area contributed by atoms with Crippen LogP contribution in [0.15, 0.2) is 30.6 Å². The van der Waals surface area contributed by atoms with E-state index in [0.717, 1.165) is 43.9 Å². The molecule has 0 unspecified atom stereocenters. The highest BCUT2D eigenvalue weighted by atomic mass is 16.5. The number of imidazole rings is 1. The number of ether oxygens (including phenoxy) is 2. The van der Waals surface area contributed by atoms with E-state index in [2.05, 4.69) is 15.2 Å². The number of nitrogens with one attached hydrogen (secondary N) is 1. The van der Waals surface area contributed by atoms with Crippen molar-refractivity contribution in [2.45, 2.75) is 32.9 Å². The number of hydrogen-bond acceptors (Lipinski definition) is 5. The number of amides is 1. The predicted octanol–water partition coefficient (Wildman–Crippen LogP) is 2.36. The number of rotatable bonds is 8. The Bertz CT molecular complexity index is 782. The molecule has 0 saturated carbocycles. The van der Waals surface area contributed by atoms with Crippen LogP contribution < -0.4 is 14.8 Å². The lowest BCUT2D eigenvalue weighted by Crippen LogP contribution is -2.40. The third-order valence-corrected chi connectivity index (χ3v) is 5.24. The molecule has 3 rings (SSSR count). The van der Waals surface area contributed by atoms with Crippen molar-refractivity contribution in [2.75, 3.05) is 26.8 Å². The van der Waals surface area contributed by atoms with Gasteiger partial charge in [0.1, 0.15) is 5.82 Å². The number of piperidine rings is 1. The SMILES string of the molecule is CCOc1cc(CNC(=O)C2CCN(Cc3nccn3C)CC2)ccc1OC. The average molecular weight is 386 g/mol. The summed E-state index contributed by atoms with van der Waals surface area (Å²) in [7, 11) is 3.64. The van der Waals surface area contributed by atoms with Gasteiger partial charge in [0.2, 0.25) is 5.91 Å². The van der Waals surface area contributed by atoms with Crippen molar-refractivity contribution < 1.29 is 14.3 Å². The van der Waals surface area contributed by atoms with Crippen molar-refractivity contribution in [3.63, 3.8) is 0 Å². The molecule has 0 aliphatic carbocycles. The molecule has 2 aromatic rings. The second-order valence-corrected chi connectivity index (χ2v) is 7.14. The summed E-state index contributed by atoms with van der Waals surface area (Å²) in [6.07, 6.45) is 5.55. The largest absolute Gasteiger partial charge is 0.493 e. The van der Waals surface area contributed by atoms with Gasteiger partial charge >= 0.3 is 0 Å². The molecule has 1 amide bonds. The van der Waals surface area contributed by atoms with Crippen LogP contribution in [0.2, 0.25) is 0 Å². The van der Waals surface area contributed by atoms with Crippen molar-refractivity contribution in [3.8, 4) is 11.5 Å². The molecule has 7 nitrogen and oxygen atoms in total. The van der Waals surface area contributed by atoms with E-state index >= 15 is 0 Å². The second kappa shape index (κ2) is 9.59. The Morgan fingerprint density at radius 1 is 1.29 bits per heavy atom. The number of nitrogens with zero attached hydrogens (tertiary/aromatic N) is 3. The topological polar surface area (TPSA) is 68.6 Å². The Balaban J connectivity index is 1.47. The lowest BCUT2D eigenvalue weighted by atomic mass is 9.96. The van der Waals surface area contributed by atoms with Crippen LogP contribution in [0.5, 0.6) is 11.5 Å². The van der Waals surface area contributed by atoms with Crippen LogP contribution in [0.3, 0.4) is 0 Å². The molecule has 1 fully saturated rings. The lowest BCUT2D eigenvalue weighted by Gasteiger charge is -2.31. The standard InChI is InChI=1S/C21H30N4O3/c1-4-28-19-13-16(5-6-18(19)27-3)14-23-21(26)17-7-10-25(11-8-17)15-20-22-9-12-24(20)2/h5-6,9,12-13,17H,4,7-8,10-11,14-15H2,1-3H3,(H,23,26). The minimum Gasteiger partial charge on any atom is -0.493 e. The maximum atomic E-state index is 12.6. The third kappa shape index (κ3) is 5.04. The van der Waals surface area contributed by atoms with Crippen molar-refractivity contribution >= 4 is 5.91 Å². The third-order valence-electron chi connectivity index (χ3n) is 5.24. The van der Waals surface area contributed by atoms with Gasteiger partial charge in [0, 0.05) is 31.9 Å². The summed E-state index contributed by atoms with van der Waals surface area (Å²) in [5.41, 5.74) is 1.00. The van der Waals surface area contributed by atoms with Gasteiger partial charge in [-0.15, -0.1) is 0 Å². The first kappa shape index (κ1) is 20.2. The van der Waals surface area contributed by atoms with Crippen LogP contribution in [0.4, 0.5) is 0 Å². The Kier molecular flexibility index (Phi) is 6.92. The van der Waals surface area contributed by atoms with Crippen LogP contribution in [-0.2, 0) is 24.9 Å². The molecule has 1 aliphatic rings. The van der Waals surface area contributed by atoms with E-state index in [1.165, 1.54) is 0 Å². The first-order valence-electron chi connectivity index (χ1n) is 9.86. The zero-order valence-electron chi connectivity index (χ0n) is 17.0. The highest BCUT2D eigenvalue weighted by Crippen LogP contribution is 2.28. The van der Waals surface area contributed by atoms with E-state index in [9.17, 15) is 4.79 Å². The van der Waals surface area contributed by atoms with Crippen LogP contribution in [-0.4, -0.2) is 47.2 Å². The van der Waals surface area contributed by atoms with E-state index in [1.54, 1.807) is 7.11 Å². The van der Waals surface area contributed by atoms with Gasteiger partial charge in [0.25, 0.3) is 0 Å². The van der Waals surface area contributed by atoms with Gasteiger partial charge in [-0.2, -0.15) is 0 Å². The Labute approximate surface area is 166 Å². The van der Waals surface area contributed by atoms with Gasteiger partial charge in [-0.1, -0.05) is 6.07 Å². The summed E-state index contributed by atoms with van der Waals surface area (Å²) in [4.78, 5) is 19.3. The van der Waals surface area contributed by atoms with Gasteiger partial charge < -0.3 is 19.4 Å². The molecule has 1 aromatic heterocycles. The monoisotopic (exact) mass is 386 g/mol. The fraction of sp³-hybridized carbons (Fsp3) is 0.524. The predicted molar refractivity (Wildman–Crippen MR) is 107 cm³/mol. The second-order valence-electron chi connectivity index (χ2n) is 7.14. The molecule has 2 heterocycles. The lowest BCUT2D eigenvalue weighted by molar-refractivity contribution is -0.126. The van der Waals surface area contributed by atoms with E-state index in [4.69, 9.17) is 9.47 Å². The number of hydrogen-bond donors (Lipinski definition) is 1. The fourth-order valence-corrected chi connectivity index (χ4v) is 3.53. The number of aromatic nitrogens is 2. The number of likely N-dealkylation sites (tertiary alicyclic amines) is 1. The van der Waals surface area contributed by atoms with Crippen LogP contribution in [0, 0.1) is 5.92 Å². The Morgan fingerprint density at radius 2 is 2.07 bits per heavy atom. The van der Waals surface area contributed by atoms with Crippen LogP contribution in [0.1, 0.15) is 31.2 Å². The van der Waals surface area contributed by atoms with Gasteiger partial charge in [0.05, 0.1) is 20.3 Å². The molecule has 1 saturated heterocycles. The van der Waals surface area contributed by atoms with Crippen LogP contribution in [0.25, 0.3) is 0 Å². The molecule has 0 atom stereocenters.